The fourth-order valence-corrected chi connectivity index (χ4v) is 3.11. The molecule has 19 heavy (non-hydrogen) atoms. The van der Waals surface area contributed by atoms with Crippen molar-refractivity contribution >= 4 is 11.0 Å². The van der Waals surface area contributed by atoms with Crippen LogP contribution in [0.5, 0.6) is 0 Å². The molecule has 1 saturated heterocycles. The van der Waals surface area contributed by atoms with Gasteiger partial charge in [-0.05, 0) is 32.8 Å². The molecule has 1 aromatic carbocycles. The molecule has 1 aliphatic heterocycles. The second-order valence-electron chi connectivity index (χ2n) is 5.74. The van der Waals surface area contributed by atoms with Crippen molar-refractivity contribution in [1.29, 1.82) is 0 Å². The van der Waals surface area contributed by atoms with Gasteiger partial charge in [0.1, 0.15) is 11.3 Å². The van der Waals surface area contributed by atoms with Gasteiger partial charge in [0.2, 0.25) is 0 Å². The summed E-state index contributed by atoms with van der Waals surface area (Å²) in [4.78, 5) is 2.52. The molecule has 2 atom stereocenters. The lowest BCUT2D eigenvalue weighted by molar-refractivity contribution is 0.140. The third-order valence-electron chi connectivity index (χ3n) is 4.32. The van der Waals surface area contributed by atoms with Gasteiger partial charge in [-0.25, -0.2) is 0 Å². The fourth-order valence-electron chi connectivity index (χ4n) is 3.11. The fraction of sp³-hybridized carbons (Fsp3) is 0.500. The maximum atomic E-state index is 6.04. The summed E-state index contributed by atoms with van der Waals surface area (Å²) >= 11 is 0. The molecule has 0 saturated carbocycles. The van der Waals surface area contributed by atoms with Crippen LogP contribution in [0.1, 0.15) is 31.1 Å². The molecule has 2 aromatic rings. The van der Waals surface area contributed by atoms with Crippen molar-refractivity contribution in [2.45, 2.75) is 45.3 Å². The highest BCUT2D eigenvalue weighted by Gasteiger charge is 2.24. The Labute approximate surface area is 114 Å². The van der Waals surface area contributed by atoms with Gasteiger partial charge in [-0.3, -0.25) is 4.90 Å². The maximum Gasteiger partial charge on any atom is 0.134 e. The summed E-state index contributed by atoms with van der Waals surface area (Å²) in [5.74, 6) is 1.04. The summed E-state index contributed by atoms with van der Waals surface area (Å²) in [6, 6.07) is 9.22. The molecule has 0 bridgehead atoms. The topological polar surface area (TPSA) is 42.4 Å². The molecule has 1 aliphatic rings. The van der Waals surface area contributed by atoms with Crippen LogP contribution in [-0.2, 0) is 6.54 Å². The van der Waals surface area contributed by atoms with Gasteiger partial charge in [0, 0.05) is 36.1 Å². The van der Waals surface area contributed by atoms with Crippen molar-refractivity contribution in [2.75, 3.05) is 6.54 Å². The van der Waals surface area contributed by atoms with Crippen LogP contribution in [0.15, 0.2) is 28.7 Å². The van der Waals surface area contributed by atoms with Crippen LogP contribution in [-0.4, -0.2) is 23.5 Å². The van der Waals surface area contributed by atoms with Crippen LogP contribution in [0.3, 0.4) is 0 Å². The molecule has 0 aliphatic carbocycles. The van der Waals surface area contributed by atoms with E-state index in [1.54, 1.807) is 0 Å². The first kappa shape index (κ1) is 12.7. The van der Waals surface area contributed by atoms with E-state index in [9.17, 15) is 0 Å². The molecular formula is C16H22N2O. The van der Waals surface area contributed by atoms with Gasteiger partial charge in [-0.15, -0.1) is 0 Å². The minimum Gasteiger partial charge on any atom is -0.461 e. The van der Waals surface area contributed by atoms with E-state index in [-0.39, 0.29) is 0 Å². The molecule has 0 amide bonds. The minimum atomic E-state index is 0.369. The summed E-state index contributed by atoms with van der Waals surface area (Å²) in [7, 11) is 0. The highest BCUT2D eigenvalue weighted by Crippen LogP contribution is 2.28. The summed E-state index contributed by atoms with van der Waals surface area (Å²) in [5.41, 5.74) is 8.36. The molecule has 1 fully saturated rings. The Morgan fingerprint density at radius 1 is 1.37 bits per heavy atom. The average molecular weight is 258 g/mol. The minimum absolute atomic E-state index is 0.369. The number of rotatable bonds is 2. The molecule has 2 N–H and O–H groups in total. The molecule has 1 aromatic heterocycles. The normalized spacial score (nSPS) is 25.0. The van der Waals surface area contributed by atoms with Crippen molar-refractivity contribution < 1.29 is 4.42 Å². The third kappa shape index (κ3) is 2.40. The van der Waals surface area contributed by atoms with E-state index in [1.807, 2.05) is 12.1 Å². The SMILES string of the molecule is Cc1oc2ccccc2c1CN1CCC(N)CC1C. The number of aryl methyl sites for hydroxylation is 1. The first-order chi connectivity index (χ1) is 9.15. The van der Waals surface area contributed by atoms with Crippen LogP contribution < -0.4 is 5.73 Å². The van der Waals surface area contributed by atoms with Crippen LogP contribution in [0.25, 0.3) is 11.0 Å². The van der Waals surface area contributed by atoms with Crippen molar-refractivity contribution in [3.8, 4) is 0 Å². The van der Waals surface area contributed by atoms with Crippen molar-refractivity contribution in [1.82, 2.24) is 4.90 Å². The Morgan fingerprint density at radius 2 is 2.16 bits per heavy atom. The highest BCUT2D eigenvalue weighted by molar-refractivity contribution is 5.82. The summed E-state index contributed by atoms with van der Waals surface area (Å²) < 4.78 is 5.85. The lowest BCUT2D eigenvalue weighted by Gasteiger charge is -2.36. The number of piperidine rings is 1. The second-order valence-corrected chi connectivity index (χ2v) is 5.74. The Morgan fingerprint density at radius 3 is 2.95 bits per heavy atom. The molecule has 3 heteroatoms. The van der Waals surface area contributed by atoms with Gasteiger partial charge in [0.05, 0.1) is 0 Å². The van der Waals surface area contributed by atoms with Crippen molar-refractivity contribution in [3.05, 3.63) is 35.6 Å². The largest absolute Gasteiger partial charge is 0.461 e. The molecule has 0 spiro atoms. The number of likely N-dealkylation sites (tertiary alicyclic amines) is 1. The Hall–Kier alpha value is -1.32. The van der Waals surface area contributed by atoms with Gasteiger partial charge in [-0.1, -0.05) is 18.2 Å². The average Bonchev–Trinajstić information content (AvgIpc) is 2.69. The Bertz CT molecular complexity index is 575. The number of benzene rings is 1. The molecule has 2 unspecified atom stereocenters. The van der Waals surface area contributed by atoms with Gasteiger partial charge in [0.25, 0.3) is 0 Å². The number of nitrogens with two attached hydrogens (primary N) is 1. The van der Waals surface area contributed by atoms with Crippen LogP contribution in [0, 0.1) is 6.92 Å². The van der Waals surface area contributed by atoms with Gasteiger partial charge in [0.15, 0.2) is 0 Å². The monoisotopic (exact) mass is 258 g/mol. The second kappa shape index (κ2) is 4.99. The molecule has 0 radical (unpaired) electrons. The lowest BCUT2D eigenvalue weighted by Crippen LogP contribution is -2.45. The van der Waals surface area contributed by atoms with Gasteiger partial charge >= 0.3 is 0 Å². The maximum absolute atomic E-state index is 6.04. The van der Waals surface area contributed by atoms with Crippen LogP contribution >= 0.6 is 0 Å². The number of hydrogen-bond acceptors (Lipinski definition) is 3. The molecular weight excluding hydrogens is 236 g/mol. The van der Waals surface area contributed by atoms with Gasteiger partial charge in [-0.2, -0.15) is 0 Å². The van der Waals surface area contributed by atoms with E-state index < -0.39 is 0 Å². The van der Waals surface area contributed by atoms with Crippen molar-refractivity contribution in [3.63, 3.8) is 0 Å². The Balaban J connectivity index is 1.87. The Kier molecular flexibility index (Phi) is 3.33. The molecule has 102 valence electrons. The number of hydrogen-bond donors (Lipinski definition) is 1. The highest BCUT2D eigenvalue weighted by atomic mass is 16.3. The smallest absolute Gasteiger partial charge is 0.134 e. The zero-order valence-electron chi connectivity index (χ0n) is 11.7. The quantitative estimate of drug-likeness (QED) is 0.900. The predicted octanol–water partition coefficient (Wildman–Crippen LogP) is 3.05. The lowest BCUT2D eigenvalue weighted by atomic mass is 9.98. The number of fused-ring (bicyclic) bond motifs is 1. The summed E-state index contributed by atoms with van der Waals surface area (Å²) in [6.07, 6.45) is 2.19. The molecule has 2 heterocycles. The van der Waals surface area contributed by atoms with Gasteiger partial charge < -0.3 is 10.2 Å². The van der Waals surface area contributed by atoms with E-state index in [1.165, 1.54) is 10.9 Å². The first-order valence-corrected chi connectivity index (χ1v) is 7.12. The van der Waals surface area contributed by atoms with Crippen LogP contribution in [0.4, 0.5) is 0 Å². The van der Waals surface area contributed by atoms with E-state index in [0.717, 1.165) is 37.3 Å². The summed E-state index contributed by atoms with van der Waals surface area (Å²) in [5, 5.41) is 1.25. The standard InChI is InChI=1S/C16H22N2O/c1-11-9-13(17)7-8-18(11)10-15-12(2)19-16-6-4-3-5-14(15)16/h3-6,11,13H,7-10,17H2,1-2H3. The van der Waals surface area contributed by atoms with E-state index in [2.05, 4.69) is 30.9 Å². The van der Waals surface area contributed by atoms with Crippen LogP contribution in [0.2, 0.25) is 0 Å². The van der Waals surface area contributed by atoms with Crippen molar-refractivity contribution in [2.24, 2.45) is 5.73 Å². The zero-order chi connectivity index (χ0) is 13.4. The zero-order valence-corrected chi connectivity index (χ0v) is 11.7. The first-order valence-electron chi connectivity index (χ1n) is 7.12. The third-order valence-corrected chi connectivity index (χ3v) is 4.32. The number of furan rings is 1. The molecule has 3 nitrogen and oxygen atoms in total. The molecule has 3 rings (SSSR count). The summed E-state index contributed by atoms with van der Waals surface area (Å²) in [6.45, 7) is 6.39. The van der Waals surface area contributed by atoms with E-state index in [4.69, 9.17) is 10.2 Å². The van der Waals surface area contributed by atoms with E-state index in [0.29, 0.717) is 12.1 Å². The predicted molar refractivity (Wildman–Crippen MR) is 78.0 cm³/mol. The number of nitrogens with zero attached hydrogens (tertiary/aromatic N) is 1. The number of para-hydroxylation sites is 1. The van der Waals surface area contributed by atoms with E-state index >= 15 is 0 Å².